The molecular weight excluding hydrogens is 288 g/mol. The van der Waals surface area contributed by atoms with Gasteiger partial charge < -0.3 is 4.84 Å². The molecule has 3 fully saturated rings. The number of nitrogens with zero attached hydrogens (tertiary/aromatic N) is 1. The van der Waals surface area contributed by atoms with E-state index in [0.29, 0.717) is 6.04 Å². The standard InChI is InChI=1S/C19H34N2O2/c1-19(2,3)18(22)23-20-16-8-10-17(11-9-16)21(12-14-4-5-14)13-15-6-7-15/h14-17,20H,4-13H2,1-3H3. The van der Waals surface area contributed by atoms with Gasteiger partial charge >= 0.3 is 5.97 Å². The van der Waals surface area contributed by atoms with Gasteiger partial charge in [0.2, 0.25) is 0 Å². The van der Waals surface area contributed by atoms with Crippen LogP contribution in [0.5, 0.6) is 0 Å². The fraction of sp³-hybridized carbons (Fsp3) is 0.947. The smallest absolute Gasteiger partial charge is 0.329 e. The van der Waals surface area contributed by atoms with Crippen LogP contribution in [0.25, 0.3) is 0 Å². The molecule has 0 unspecified atom stereocenters. The van der Waals surface area contributed by atoms with Crippen molar-refractivity contribution < 1.29 is 9.63 Å². The zero-order chi connectivity index (χ0) is 16.4. The van der Waals surface area contributed by atoms with Gasteiger partial charge in [-0.1, -0.05) is 0 Å². The molecule has 0 aromatic carbocycles. The molecule has 0 atom stereocenters. The lowest BCUT2D eigenvalue weighted by Gasteiger charge is -2.37. The molecular formula is C19H34N2O2. The van der Waals surface area contributed by atoms with E-state index in [1.807, 2.05) is 20.8 Å². The van der Waals surface area contributed by atoms with Gasteiger partial charge in [0, 0.05) is 25.2 Å². The van der Waals surface area contributed by atoms with Gasteiger partial charge in [0.05, 0.1) is 5.41 Å². The Morgan fingerprint density at radius 3 is 1.91 bits per heavy atom. The Bertz CT molecular complexity index is 388. The Labute approximate surface area is 141 Å². The van der Waals surface area contributed by atoms with E-state index in [4.69, 9.17) is 4.84 Å². The third-order valence-corrected chi connectivity index (χ3v) is 5.52. The molecule has 0 aromatic rings. The molecule has 0 saturated heterocycles. The van der Waals surface area contributed by atoms with Gasteiger partial charge in [0.25, 0.3) is 0 Å². The van der Waals surface area contributed by atoms with Crippen LogP contribution in [0.15, 0.2) is 0 Å². The first-order valence-electron chi connectivity index (χ1n) is 9.62. The number of carbonyl (C=O) groups is 1. The summed E-state index contributed by atoms with van der Waals surface area (Å²) in [6.07, 6.45) is 10.5. The average Bonchev–Trinajstić information content (AvgIpc) is 3.39. The summed E-state index contributed by atoms with van der Waals surface area (Å²) in [5.41, 5.74) is 2.59. The molecule has 0 spiro atoms. The average molecular weight is 322 g/mol. The van der Waals surface area contributed by atoms with Gasteiger partial charge in [-0.05, 0) is 84.0 Å². The van der Waals surface area contributed by atoms with Crippen molar-refractivity contribution in [1.82, 2.24) is 10.4 Å². The lowest BCUT2D eigenvalue weighted by molar-refractivity contribution is -0.163. The van der Waals surface area contributed by atoms with Crippen LogP contribution in [-0.4, -0.2) is 36.0 Å². The van der Waals surface area contributed by atoms with Gasteiger partial charge in [-0.2, -0.15) is 5.48 Å². The van der Waals surface area contributed by atoms with E-state index in [9.17, 15) is 4.79 Å². The van der Waals surface area contributed by atoms with Crippen LogP contribution in [-0.2, 0) is 9.63 Å². The number of hydrogen-bond acceptors (Lipinski definition) is 4. The lowest BCUT2D eigenvalue weighted by atomic mass is 9.90. The molecule has 3 rings (SSSR count). The van der Waals surface area contributed by atoms with E-state index in [-0.39, 0.29) is 5.97 Å². The summed E-state index contributed by atoms with van der Waals surface area (Å²) in [5, 5.41) is 0. The van der Waals surface area contributed by atoms with Crippen LogP contribution in [0.2, 0.25) is 0 Å². The normalized spacial score (nSPS) is 28.9. The molecule has 0 heterocycles. The van der Waals surface area contributed by atoms with Crippen molar-refractivity contribution in [2.45, 2.75) is 84.2 Å². The third-order valence-electron chi connectivity index (χ3n) is 5.52. The molecule has 3 aliphatic carbocycles. The van der Waals surface area contributed by atoms with Crippen LogP contribution in [0.1, 0.15) is 72.1 Å². The van der Waals surface area contributed by atoms with E-state index in [2.05, 4.69) is 10.4 Å². The maximum Gasteiger partial charge on any atom is 0.329 e. The summed E-state index contributed by atoms with van der Waals surface area (Å²) in [5.74, 6) is 1.80. The van der Waals surface area contributed by atoms with Crippen LogP contribution >= 0.6 is 0 Å². The second kappa shape index (κ2) is 7.10. The Morgan fingerprint density at radius 1 is 0.957 bits per heavy atom. The number of nitrogens with one attached hydrogen (secondary N) is 1. The Balaban J connectivity index is 1.40. The molecule has 0 aliphatic heterocycles. The second-order valence-corrected chi connectivity index (χ2v) is 9.10. The number of hydrogen-bond donors (Lipinski definition) is 1. The third kappa shape index (κ3) is 5.46. The van der Waals surface area contributed by atoms with Crippen molar-refractivity contribution in [2.75, 3.05) is 13.1 Å². The number of rotatable bonds is 7. The minimum atomic E-state index is -0.435. The molecule has 4 heteroatoms. The monoisotopic (exact) mass is 322 g/mol. The minimum absolute atomic E-state index is 0.163. The zero-order valence-corrected chi connectivity index (χ0v) is 15.1. The summed E-state index contributed by atoms with van der Waals surface area (Å²) in [6.45, 7) is 8.33. The second-order valence-electron chi connectivity index (χ2n) is 9.10. The zero-order valence-electron chi connectivity index (χ0n) is 15.1. The topological polar surface area (TPSA) is 41.6 Å². The maximum atomic E-state index is 11.8. The molecule has 0 amide bonds. The SMILES string of the molecule is CC(C)(C)C(=O)ONC1CCC(N(CC2CC2)CC2CC2)CC1. The van der Waals surface area contributed by atoms with Crippen LogP contribution in [0, 0.1) is 17.3 Å². The highest BCUT2D eigenvalue weighted by molar-refractivity contribution is 5.75. The first-order chi connectivity index (χ1) is 10.9. The molecule has 23 heavy (non-hydrogen) atoms. The summed E-state index contributed by atoms with van der Waals surface area (Å²) >= 11 is 0. The van der Waals surface area contributed by atoms with Crippen molar-refractivity contribution in [3.8, 4) is 0 Å². The first-order valence-corrected chi connectivity index (χ1v) is 9.62. The van der Waals surface area contributed by atoms with E-state index in [1.54, 1.807) is 0 Å². The predicted octanol–water partition coefficient (Wildman–Crippen LogP) is 3.51. The van der Waals surface area contributed by atoms with E-state index in [1.165, 1.54) is 51.6 Å². The molecule has 3 saturated carbocycles. The van der Waals surface area contributed by atoms with Gasteiger partial charge in [0.15, 0.2) is 0 Å². The number of carbonyl (C=O) groups excluding carboxylic acids is 1. The quantitative estimate of drug-likeness (QED) is 0.728. The summed E-state index contributed by atoms with van der Waals surface area (Å²) in [6, 6.07) is 1.09. The van der Waals surface area contributed by atoms with Gasteiger partial charge in [-0.15, -0.1) is 0 Å². The highest BCUT2D eigenvalue weighted by Crippen LogP contribution is 2.36. The highest BCUT2D eigenvalue weighted by atomic mass is 16.7. The Hall–Kier alpha value is -0.610. The molecule has 4 nitrogen and oxygen atoms in total. The fourth-order valence-electron chi connectivity index (χ4n) is 3.49. The van der Waals surface area contributed by atoms with Crippen molar-refractivity contribution in [3.63, 3.8) is 0 Å². The van der Waals surface area contributed by atoms with E-state index in [0.717, 1.165) is 30.7 Å². The maximum absolute atomic E-state index is 11.8. The van der Waals surface area contributed by atoms with Gasteiger partial charge in [0.1, 0.15) is 0 Å². The summed E-state index contributed by atoms with van der Waals surface area (Å²) in [4.78, 5) is 19.9. The molecule has 1 N–H and O–H groups in total. The Kier molecular flexibility index (Phi) is 5.32. The van der Waals surface area contributed by atoms with Gasteiger partial charge in [-0.25, -0.2) is 4.79 Å². The first kappa shape index (κ1) is 17.2. The van der Waals surface area contributed by atoms with E-state index < -0.39 is 5.41 Å². The molecule has 0 radical (unpaired) electrons. The van der Waals surface area contributed by atoms with Gasteiger partial charge in [-0.3, -0.25) is 4.90 Å². The van der Waals surface area contributed by atoms with Crippen molar-refractivity contribution in [1.29, 1.82) is 0 Å². The van der Waals surface area contributed by atoms with Crippen LogP contribution in [0.4, 0.5) is 0 Å². The van der Waals surface area contributed by atoms with Crippen molar-refractivity contribution >= 4 is 5.97 Å². The molecule has 132 valence electrons. The molecule has 0 bridgehead atoms. The molecule has 3 aliphatic rings. The highest BCUT2D eigenvalue weighted by Gasteiger charge is 2.34. The fourth-order valence-corrected chi connectivity index (χ4v) is 3.49. The van der Waals surface area contributed by atoms with Crippen molar-refractivity contribution in [2.24, 2.45) is 17.3 Å². The van der Waals surface area contributed by atoms with E-state index >= 15 is 0 Å². The number of hydroxylamine groups is 1. The van der Waals surface area contributed by atoms with Crippen LogP contribution in [0.3, 0.4) is 0 Å². The largest absolute Gasteiger partial charge is 0.370 e. The lowest BCUT2D eigenvalue weighted by Crippen LogP contribution is -2.45. The Morgan fingerprint density at radius 2 is 1.48 bits per heavy atom. The van der Waals surface area contributed by atoms with Crippen molar-refractivity contribution in [3.05, 3.63) is 0 Å². The predicted molar refractivity (Wildman–Crippen MR) is 91.7 cm³/mol. The minimum Gasteiger partial charge on any atom is -0.370 e. The molecule has 0 aromatic heterocycles. The summed E-state index contributed by atoms with van der Waals surface area (Å²) in [7, 11) is 0. The van der Waals surface area contributed by atoms with Crippen LogP contribution < -0.4 is 5.48 Å². The summed E-state index contributed by atoms with van der Waals surface area (Å²) < 4.78 is 0.